The third-order valence-electron chi connectivity index (χ3n) is 5.23. The Kier molecular flexibility index (Phi) is 3.99. The molecule has 3 nitrogen and oxygen atoms in total. The fourth-order valence-corrected chi connectivity index (χ4v) is 4.70. The minimum Gasteiger partial charge on any atom is -0.497 e. The van der Waals surface area contributed by atoms with Crippen LogP contribution >= 0.6 is 0 Å². The Balaban J connectivity index is 1.70. The van der Waals surface area contributed by atoms with Gasteiger partial charge >= 0.3 is 0 Å². The van der Waals surface area contributed by atoms with E-state index in [1.165, 1.54) is 6.42 Å². The molecule has 0 radical (unpaired) electrons. The maximum Gasteiger partial charge on any atom is 0.246 e. The molecule has 3 heteroatoms. The van der Waals surface area contributed by atoms with Gasteiger partial charge in [0.05, 0.1) is 7.11 Å². The van der Waals surface area contributed by atoms with Gasteiger partial charge in [0.15, 0.2) is 0 Å². The molecule has 0 N–H and O–H groups in total. The number of carbonyl (C=O) groups excluding carboxylic acids is 1. The highest BCUT2D eigenvalue weighted by Gasteiger charge is 2.50. The average Bonchev–Trinajstić information content (AvgIpc) is 2.74. The maximum absolute atomic E-state index is 12.7. The number of hydrogen-bond acceptors (Lipinski definition) is 2. The minimum absolute atomic E-state index is 0.146. The predicted molar refractivity (Wildman–Crippen MR) is 93.3 cm³/mol. The van der Waals surface area contributed by atoms with Gasteiger partial charge in [0, 0.05) is 18.7 Å². The number of methoxy groups -OCH3 is 1. The van der Waals surface area contributed by atoms with Crippen LogP contribution in [0.1, 0.15) is 45.6 Å². The van der Waals surface area contributed by atoms with Crippen molar-refractivity contribution in [3.63, 3.8) is 0 Å². The van der Waals surface area contributed by atoms with Crippen LogP contribution < -0.4 is 4.74 Å². The van der Waals surface area contributed by atoms with Crippen molar-refractivity contribution in [3.05, 3.63) is 35.9 Å². The topological polar surface area (TPSA) is 29.5 Å². The highest BCUT2D eigenvalue weighted by Crippen LogP contribution is 2.52. The third kappa shape index (κ3) is 3.44. The van der Waals surface area contributed by atoms with Gasteiger partial charge in [0.2, 0.25) is 5.91 Å². The first-order chi connectivity index (χ1) is 10.8. The SMILES string of the molecule is COc1ccc(C=CC(=O)N2C[C@@]3(C)C[C@@H]2CC(C)(C)C3)cc1. The molecule has 1 aliphatic heterocycles. The highest BCUT2D eigenvalue weighted by atomic mass is 16.5. The van der Waals surface area contributed by atoms with Crippen molar-refractivity contribution in [3.8, 4) is 5.75 Å². The summed E-state index contributed by atoms with van der Waals surface area (Å²) in [5.74, 6) is 0.976. The van der Waals surface area contributed by atoms with E-state index in [1.807, 2.05) is 30.3 Å². The van der Waals surface area contributed by atoms with E-state index < -0.39 is 0 Å². The zero-order valence-electron chi connectivity index (χ0n) is 14.6. The van der Waals surface area contributed by atoms with E-state index in [1.54, 1.807) is 13.2 Å². The molecule has 1 aromatic rings. The van der Waals surface area contributed by atoms with Gasteiger partial charge < -0.3 is 9.64 Å². The van der Waals surface area contributed by atoms with E-state index in [0.717, 1.165) is 30.7 Å². The van der Waals surface area contributed by atoms with Gasteiger partial charge in [-0.25, -0.2) is 0 Å². The number of amides is 1. The zero-order chi connectivity index (χ0) is 16.7. The molecule has 1 amide bonds. The number of hydrogen-bond donors (Lipinski definition) is 0. The van der Waals surface area contributed by atoms with Crippen LogP contribution in [0.3, 0.4) is 0 Å². The van der Waals surface area contributed by atoms with Crippen LogP contribution in [-0.2, 0) is 4.79 Å². The first-order valence-corrected chi connectivity index (χ1v) is 8.43. The van der Waals surface area contributed by atoms with Crippen LogP contribution in [-0.4, -0.2) is 30.5 Å². The monoisotopic (exact) mass is 313 g/mol. The second-order valence-corrected chi connectivity index (χ2v) is 8.29. The standard InChI is InChI=1S/C20H27NO2/c1-19(2)11-16-12-20(3,13-19)14-21(16)18(22)10-7-15-5-8-17(23-4)9-6-15/h5-10,16H,11-14H2,1-4H3/t16-,20-/m0/s1. The lowest BCUT2D eigenvalue weighted by Gasteiger charge is -2.39. The molecule has 2 aliphatic rings. The lowest BCUT2D eigenvalue weighted by atomic mass is 9.65. The predicted octanol–water partition coefficient (Wildman–Crippen LogP) is 4.14. The van der Waals surface area contributed by atoms with Crippen LogP contribution in [0.25, 0.3) is 6.08 Å². The number of fused-ring (bicyclic) bond motifs is 2. The highest BCUT2D eigenvalue weighted by molar-refractivity contribution is 5.92. The molecule has 1 saturated carbocycles. The van der Waals surface area contributed by atoms with Crippen molar-refractivity contribution < 1.29 is 9.53 Å². The van der Waals surface area contributed by atoms with Gasteiger partial charge in [0.25, 0.3) is 0 Å². The van der Waals surface area contributed by atoms with Gasteiger partial charge in [-0.3, -0.25) is 4.79 Å². The molecule has 0 unspecified atom stereocenters. The molecule has 2 atom stereocenters. The van der Waals surface area contributed by atoms with Crippen molar-refractivity contribution in [2.45, 2.75) is 46.1 Å². The second kappa shape index (κ2) is 5.70. The average molecular weight is 313 g/mol. The summed E-state index contributed by atoms with van der Waals surface area (Å²) in [5.41, 5.74) is 1.65. The quantitative estimate of drug-likeness (QED) is 0.785. The molecule has 1 saturated heterocycles. The Morgan fingerprint density at radius 3 is 2.57 bits per heavy atom. The normalized spacial score (nSPS) is 29.0. The van der Waals surface area contributed by atoms with Crippen molar-refractivity contribution in [1.29, 1.82) is 0 Å². The van der Waals surface area contributed by atoms with Crippen molar-refractivity contribution in [2.75, 3.05) is 13.7 Å². The number of likely N-dealkylation sites (tertiary alicyclic amines) is 1. The van der Waals surface area contributed by atoms with Crippen LogP contribution in [0.2, 0.25) is 0 Å². The van der Waals surface area contributed by atoms with E-state index in [-0.39, 0.29) is 11.3 Å². The summed E-state index contributed by atoms with van der Waals surface area (Å²) in [6, 6.07) is 8.16. The van der Waals surface area contributed by atoms with Crippen molar-refractivity contribution in [1.82, 2.24) is 4.90 Å². The Morgan fingerprint density at radius 1 is 1.22 bits per heavy atom. The summed E-state index contributed by atoms with van der Waals surface area (Å²) < 4.78 is 5.15. The van der Waals surface area contributed by atoms with Crippen LogP contribution in [0.5, 0.6) is 5.75 Å². The van der Waals surface area contributed by atoms with E-state index in [2.05, 4.69) is 25.7 Å². The van der Waals surface area contributed by atoms with E-state index in [4.69, 9.17) is 4.74 Å². The molecule has 124 valence electrons. The summed E-state index contributed by atoms with van der Waals surface area (Å²) in [6.45, 7) is 7.89. The molecule has 3 rings (SSSR count). The Morgan fingerprint density at radius 2 is 1.91 bits per heavy atom. The molecule has 2 bridgehead atoms. The lowest BCUT2D eigenvalue weighted by molar-refractivity contribution is -0.127. The van der Waals surface area contributed by atoms with Crippen LogP contribution in [0.15, 0.2) is 30.3 Å². The Labute approximate surface area is 139 Å². The van der Waals surface area contributed by atoms with Gasteiger partial charge in [-0.1, -0.05) is 32.9 Å². The maximum atomic E-state index is 12.7. The number of carbonyl (C=O) groups is 1. The molecular formula is C20H27NO2. The van der Waals surface area contributed by atoms with E-state index >= 15 is 0 Å². The fourth-order valence-electron chi connectivity index (χ4n) is 4.70. The third-order valence-corrected chi connectivity index (χ3v) is 5.23. The smallest absolute Gasteiger partial charge is 0.246 e. The largest absolute Gasteiger partial charge is 0.497 e. The van der Waals surface area contributed by atoms with E-state index in [0.29, 0.717) is 11.5 Å². The molecule has 23 heavy (non-hydrogen) atoms. The van der Waals surface area contributed by atoms with Crippen molar-refractivity contribution >= 4 is 12.0 Å². The summed E-state index contributed by atoms with van der Waals surface area (Å²) in [6.07, 6.45) is 7.10. The Bertz CT molecular complexity index is 617. The molecule has 1 heterocycles. The summed E-state index contributed by atoms with van der Waals surface area (Å²) >= 11 is 0. The first kappa shape index (κ1) is 16.1. The first-order valence-electron chi connectivity index (χ1n) is 8.43. The number of nitrogens with zero attached hydrogens (tertiary/aromatic N) is 1. The summed E-state index contributed by atoms with van der Waals surface area (Å²) in [5, 5.41) is 0. The van der Waals surface area contributed by atoms with Gasteiger partial charge in [0.1, 0.15) is 5.75 Å². The second-order valence-electron chi connectivity index (χ2n) is 8.29. The minimum atomic E-state index is 0.146. The molecule has 1 aliphatic carbocycles. The molecule has 1 aromatic carbocycles. The molecule has 0 aromatic heterocycles. The van der Waals surface area contributed by atoms with Gasteiger partial charge in [-0.15, -0.1) is 0 Å². The number of benzene rings is 1. The molecular weight excluding hydrogens is 286 g/mol. The Hall–Kier alpha value is -1.77. The fraction of sp³-hybridized carbons (Fsp3) is 0.550. The number of rotatable bonds is 3. The zero-order valence-corrected chi connectivity index (χ0v) is 14.6. The van der Waals surface area contributed by atoms with Crippen LogP contribution in [0, 0.1) is 10.8 Å². The summed E-state index contributed by atoms with van der Waals surface area (Å²) in [7, 11) is 1.65. The van der Waals surface area contributed by atoms with Crippen molar-refractivity contribution in [2.24, 2.45) is 10.8 Å². The molecule has 2 fully saturated rings. The molecule has 0 spiro atoms. The van der Waals surface area contributed by atoms with Crippen LogP contribution in [0.4, 0.5) is 0 Å². The van der Waals surface area contributed by atoms with E-state index in [9.17, 15) is 4.79 Å². The number of ether oxygens (including phenoxy) is 1. The van der Waals surface area contributed by atoms with Gasteiger partial charge in [-0.05, 0) is 53.9 Å². The van der Waals surface area contributed by atoms with Gasteiger partial charge in [-0.2, -0.15) is 0 Å². The summed E-state index contributed by atoms with van der Waals surface area (Å²) in [4.78, 5) is 14.7. The lowest BCUT2D eigenvalue weighted by Crippen LogP contribution is -2.36.